The van der Waals surface area contributed by atoms with Gasteiger partial charge in [-0.25, -0.2) is 4.79 Å². The highest BCUT2D eigenvalue weighted by Gasteiger charge is 2.27. The lowest BCUT2D eigenvalue weighted by Crippen LogP contribution is -2.53. The summed E-state index contributed by atoms with van der Waals surface area (Å²) in [4.78, 5) is 111. The lowest BCUT2D eigenvalue weighted by Gasteiger charge is -2.18. The molecule has 0 aromatic rings. The molecule has 0 spiro atoms. The van der Waals surface area contributed by atoms with Crippen LogP contribution >= 0.6 is 0 Å². The van der Waals surface area contributed by atoms with Gasteiger partial charge in [-0.2, -0.15) is 8.42 Å². The Labute approximate surface area is 277 Å². The number of guanidine groups is 1. The average Bonchev–Trinajstić information content (AvgIpc) is 2.99. The number of nitrogens with two attached hydrogens (primary N) is 3. The number of carboxylic acid groups (broad SMARTS) is 2. The minimum atomic E-state index is -4.73. The number of aliphatic imine (C=N–C) groups is 1. The van der Waals surface area contributed by atoms with Gasteiger partial charge in [0.2, 0.25) is 41.4 Å². The number of aliphatic carboxylic acids is 2. The minimum Gasteiger partial charge on any atom is -0.481 e. The molecule has 0 aromatic heterocycles. The summed E-state index contributed by atoms with van der Waals surface area (Å²) in [7, 11) is -4.73. The summed E-state index contributed by atoms with van der Waals surface area (Å²) in [6.45, 7) is -3.69. The van der Waals surface area contributed by atoms with Gasteiger partial charge in [0.1, 0.15) is 23.9 Å². The van der Waals surface area contributed by atoms with E-state index in [1.54, 1.807) is 0 Å². The third kappa shape index (κ3) is 21.7. The van der Waals surface area contributed by atoms with Crippen LogP contribution in [0.25, 0.3) is 0 Å². The highest BCUT2D eigenvalue weighted by atomic mass is 32.2. The van der Waals surface area contributed by atoms with E-state index in [2.05, 4.69) is 20.9 Å². The van der Waals surface area contributed by atoms with Crippen LogP contribution in [0.3, 0.4) is 0 Å². The van der Waals surface area contributed by atoms with Gasteiger partial charge in [0.25, 0.3) is 10.1 Å². The number of carbonyl (C=O) groups excluding carboxylic acids is 7. The zero-order valence-electron chi connectivity index (χ0n) is 25.7. The van der Waals surface area contributed by atoms with Crippen molar-refractivity contribution in [3.8, 4) is 0 Å². The monoisotopic (exact) mass is 725 g/mol. The molecule has 0 heterocycles. The molecule has 0 saturated carbocycles. The van der Waals surface area contributed by atoms with E-state index >= 15 is 0 Å². The highest BCUT2D eigenvalue weighted by Crippen LogP contribution is 1.99. The first-order valence-electron chi connectivity index (χ1n) is 13.9. The van der Waals surface area contributed by atoms with E-state index in [4.69, 9.17) is 26.9 Å². The van der Waals surface area contributed by atoms with Crippen molar-refractivity contribution in [2.24, 2.45) is 22.2 Å². The Hall–Kier alpha value is -5.63. The Kier molecular flexibility index (Phi) is 19.5. The molecule has 0 aliphatic rings. The van der Waals surface area contributed by atoms with Gasteiger partial charge in [-0.3, -0.25) is 47.9 Å². The van der Waals surface area contributed by atoms with Crippen LogP contribution in [0.15, 0.2) is 4.99 Å². The molecule has 0 rings (SSSR count). The average molecular weight is 726 g/mol. The fourth-order valence-electron chi connectivity index (χ4n) is 3.35. The lowest BCUT2D eigenvalue weighted by molar-refractivity contribution is -0.142. The molecule has 0 fully saturated rings. The van der Waals surface area contributed by atoms with Crippen molar-refractivity contribution < 1.29 is 66.3 Å². The zero-order valence-corrected chi connectivity index (χ0v) is 26.5. The first-order chi connectivity index (χ1) is 22.7. The van der Waals surface area contributed by atoms with E-state index in [0.717, 1.165) is 0 Å². The molecule has 49 heavy (non-hydrogen) atoms. The van der Waals surface area contributed by atoms with Crippen molar-refractivity contribution >= 4 is 69.4 Å². The fraction of sp³-hybridized carbons (Fsp3) is 0.565. The van der Waals surface area contributed by atoms with Crippen molar-refractivity contribution in [3.63, 3.8) is 0 Å². The van der Waals surface area contributed by atoms with Crippen LogP contribution in [-0.4, -0.2) is 146 Å². The van der Waals surface area contributed by atoms with E-state index in [1.165, 1.54) is 0 Å². The summed E-state index contributed by atoms with van der Waals surface area (Å²) in [6.07, 6.45) is -0.819. The van der Waals surface area contributed by atoms with E-state index in [0.29, 0.717) is 0 Å². The maximum Gasteiger partial charge on any atom is 0.326 e. The smallest absolute Gasteiger partial charge is 0.326 e. The van der Waals surface area contributed by atoms with Crippen LogP contribution in [0.4, 0.5) is 0 Å². The summed E-state index contributed by atoms with van der Waals surface area (Å²) >= 11 is 0. The molecule has 0 unspecified atom stereocenters. The number of hydrogen-bond donors (Lipinski definition) is 13. The normalized spacial score (nSPS) is 12.4. The second kappa shape index (κ2) is 22.0. The number of carbonyl (C=O) groups is 9. The van der Waals surface area contributed by atoms with Crippen molar-refractivity contribution in [1.82, 2.24) is 37.2 Å². The highest BCUT2D eigenvalue weighted by molar-refractivity contribution is 7.85. The number of rotatable bonds is 23. The third-order valence-electron chi connectivity index (χ3n) is 5.56. The van der Waals surface area contributed by atoms with Crippen LogP contribution in [0.2, 0.25) is 0 Å². The fourth-order valence-corrected chi connectivity index (χ4v) is 4.00. The van der Waals surface area contributed by atoms with Gasteiger partial charge in [0.15, 0.2) is 5.96 Å². The molecule has 0 aliphatic heterocycles. The van der Waals surface area contributed by atoms with E-state index in [1.807, 2.05) is 21.3 Å². The van der Waals surface area contributed by atoms with Crippen LogP contribution in [0.5, 0.6) is 0 Å². The largest absolute Gasteiger partial charge is 0.481 e. The summed E-state index contributed by atoms with van der Waals surface area (Å²) in [6, 6.07) is -4.89. The first kappa shape index (κ1) is 43.4. The van der Waals surface area contributed by atoms with Gasteiger partial charge in [-0.1, -0.05) is 0 Å². The Morgan fingerprint density at radius 3 is 1.57 bits per heavy atom. The number of nitrogens with one attached hydrogen (secondary N) is 7. The topological polar surface area (TPSA) is 423 Å². The zero-order chi connectivity index (χ0) is 37.7. The predicted molar refractivity (Wildman–Crippen MR) is 163 cm³/mol. The van der Waals surface area contributed by atoms with Gasteiger partial charge >= 0.3 is 11.9 Å². The Balaban J connectivity index is 4.82. The van der Waals surface area contributed by atoms with E-state index in [9.17, 15) is 56.7 Å². The molecular formula is C23H39N11O14S. The number of hydrogen-bond acceptors (Lipinski definition) is 13. The molecule has 0 bridgehead atoms. The summed E-state index contributed by atoms with van der Waals surface area (Å²) in [5, 5.41) is 32.6. The van der Waals surface area contributed by atoms with Crippen LogP contribution in [0.1, 0.15) is 19.3 Å². The van der Waals surface area contributed by atoms with Gasteiger partial charge in [0, 0.05) is 6.54 Å². The van der Waals surface area contributed by atoms with E-state index < -0.39 is 126 Å². The molecule has 3 atom stereocenters. The SMILES string of the molecule is NCC(=O)N[C@@H](CS(=O)(=O)O)C(=O)NCC(=O)NCC(=O)NCC(=O)N[C@@H](CC(=O)O)C(=O)NCC(=O)N[C@@H](CCCN=C(N)N)C(=O)O. The Morgan fingerprint density at radius 1 is 0.653 bits per heavy atom. The Bertz CT molecular complexity index is 1390. The Morgan fingerprint density at radius 2 is 1.10 bits per heavy atom. The van der Waals surface area contributed by atoms with E-state index in [-0.39, 0.29) is 25.3 Å². The van der Waals surface area contributed by atoms with Crippen LogP contribution < -0.4 is 54.4 Å². The van der Waals surface area contributed by atoms with Crippen molar-refractivity contribution in [1.29, 1.82) is 0 Å². The molecule has 276 valence electrons. The molecule has 0 aromatic carbocycles. The first-order valence-corrected chi connectivity index (χ1v) is 15.5. The van der Waals surface area contributed by atoms with Gasteiger partial charge in [-0.15, -0.1) is 0 Å². The van der Waals surface area contributed by atoms with Gasteiger partial charge in [0.05, 0.1) is 39.1 Å². The maximum absolute atomic E-state index is 12.5. The molecule has 7 amide bonds. The van der Waals surface area contributed by atoms with Crippen molar-refractivity contribution in [2.75, 3.05) is 45.0 Å². The maximum atomic E-state index is 12.5. The van der Waals surface area contributed by atoms with Gasteiger partial charge in [-0.05, 0) is 12.8 Å². The van der Waals surface area contributed by atoms with Crippen LogP contribution in [0, 0.1) is 0 Å². The summed E-state index contributed by atoms with van der Waals surface area (Å²) in [5.74, 6) is -11.5. The predicted octanol–water partition coefficient (Wildman–Crippen LogP) is -8.64. The molecule has 26 heteroatoms. The second-order valence-corrected chi connectivity index (χ2v) is 11.2. The van der Waals surface area contributed by atoms with Crippen molar-refractivity contribution in [2.45, 2.75) is 37.4 Å². The molecule has 0 saturated heterocycles. The summed E-state index contributed by atoms with van der Waals surface area (Å²) < 4.78 is 31.1. The molecule has 25 nitrogen and oxygen atoms in total. The minimum absolute atomic E-state index is 0.0634. The molecule has 0 aliphatic carbocycles. The number of nitrogens with zero attached hydrogens (tertiary/aromatic N) is 1. The molecule has 0 radical (unpaired) electrons. The molecular weight excluding hydrogens is 686 g/mol. The number of amides is 7. The van der Waals surface area contributed by atoms with Crippen molar-refractivity contribution in [3.05, 3.63) is 0 Å². The third-order valence-corrected chi connectivity index (χ3v) is 6.32. The number of carboxylic acids is 2. The second-order valence-electron chi connectivity index (χ2n) is 9.69. The lowest BCUT2D eigenvalue weighted by atomic mass is 10.1. The quantitative estimate of drug-likeness (QED) is 0.0201. The summed E-state index contributed by atoms with van der Waals surface area (Å²) in [5.41, 5.74) is 15.4. The van der Waals surface area contributed by atoms with Gasteiger partial charge < -0.3 is 64.6 Å². The standard InChI is InChI=1S/C23H39N11O14S/c24-5-14(35)34-13(10-49(46,47)48)21(43)30-7-16(37)28-6-15(36)29-8-17(38)33-12(4-19(40)41)20(42)31-9-18(39)32-11(22(44)45)2-1-3-27-23(25)26/h11-13H,1-10,24H2,(H,28,37)(H,29,36)(H,30,43)(H,31,42)(H,32,39)(H,33,38)(H,34,35)(H,40,41)(H,44,45)(H4,25,26,27)(H,46,47,48)/t11-,12-,13-/m0/s1. The molecule has 16 N–H and O–H groups in total. The van der Waals surface area contributed by atoms with Crippen LogP contribution in [-0.2, 0) is 53.3 Å².